The van der Waals surface area contributed by atoms with Gasteiger partial charge >= 0.3 is 0 Å². The first kappa shape index (κ1) is 5.82. The molecule has 0 amide bonds. The van der Waals surface area contributed by atoms with E-state index >= 15 is 0 Å². The molecule has 0 aliphatic rings. The molecule has 0 unspecified atom stereocenters. The van der Waals surface area contributed by atoms with Crippen LogP contribution >= 0.6 is 0 Å². The zero-order valence-electron chi connectivity index (χ0n) is 4.78. The SMILES string of the molecule is ON=Cc1c[c]ccc1. The van der Waals surface area contributed by atoms with Crippen molar-refractivity contribution in [2.45, 2.75) is 0 Å². The van der Waals surface area contributed by atoms with Gasteiger partial charge in [0.25, 0.3) is 0 Å². The summed E-state index contributed by atoms with van der Waals surface area (Å²) in [5, 5.41) is 10.9. The zero-order valence-corrected chi connectivity index (χ0v) is 4.78. The van der Waals surface area contributed by atoms with Gasteiger partial charge in [-0.05, 0) is 17.7 Å². The van der Waals surface area contributed by atoms with E-state index in [2.05, 4.69) is 11.2 Å². The number of hydrogen-bond acceptors (Lipinski definition) is 2. The summed E-state index contributed by atoms with van der Waals surface area (Å²) in [4.78, 5) is 0. The maximum absolute atomic E-state index is 8.08. The lowest BCUT2D eigenvalue weighted by Gasteiger charge is -1.84. The standard InChI is InChI=1S/C7H6NO/c9-8-6-7-4-2-1-3-5-7/h1-2,4-6,9H. The summed E-state index contributed by atoms with van der Waals surface area (Å²) in [5.41, 5.74) is 0.847. The van der Waals surface area contributed by atoms with Crippen LogP contribution in [0.1, 0.15) is 5.56 Å². The van der Waals surface area contributed by atoms with Crippen LogP contribution in [0.2, 0.25) is 0 Å². The normalized spacial score (nSPS) is 10.2. The summed E-state index contributed by atoms with van der Waals surface area (Å²) in [6.07, 6.45) is 1.36. The van der Waals surface area contributed by atoms with E-state index in [1.807, 2.05) is 12.1 Å². The van der Waals surface area contributed by atoms with Gasteiger partial charge in [0.1, 0.15) is 0 Å². The number of oxime groups is 1. The van der Waals surface area contributed by atoms with E-state index in [1.165, 1.54) is 6.21 Å². The molecule has 0 aromatic heterocycles. The molecule has 1 N–H and O–H groups in total. The first-order valence-electron chi connectivity index (χ1n) is 2.57. The van der Waals surface area contributed by atoms with Crippen molar-refractivity contribution >= 4 is 6.21 Å². The fourth-order valence-electron chi connectivity index (χ4n) is 0.554. The van der Waals surface area contributed by atoms with Gasteiger partial charge in [0, 0.05) is 0 Å². The van der Waals surface area contributed by atoms with Gasteiger partial charge in [0.05, 0.1) is 6.21 Å². The van der Waals surface area contributed by atoms with Crippen molar-refractivity contribution in [3.63, 3.8) is 0 Å². The molecule has 0 spiro atoms. The van der Waals surface area contributed by atoms with Gasteiger partial charge in [-0.15, -0.1) is 0 Å². The topological polar surface area (TPSA) is 32.6 Å². The predicted octanol–water partition coefficient (Wildman–Crippen LogP) is 1.29. The minimum atomic E-state index is 0.847. The van der Waals surface area contributed by atoms with E-state index in [4.69, 9.17) is 5.21 Å². The highest BCUT2D eigenvalue weighted by molar-refractivity contribution is 5.78. The molecule has 0 atom stereocenters. The van der Waals surface area contributed by atoms with Gasteiger partial charge in [0.2, 0.25) is 0 Å². The van der Waals surface area contributed by atoms with Crippen LogP contribution in [0.15, 0.2) is 29.4 Å². The van der Waals surface area contributed by atoms with Crippen LogP contribution < -0.4 is 0 Å². The Morgan fingerprint density at radius 3 is 3.11 bits per heavy atom. The van der Waals surface area contributed by atoms with Gasteiger partial charge in [0.15, 0.2) is 0 Å². The molecular weight excluding hydrogens is 114 g/mol. The lowest BCUT2D eigenvalue weighted by atomic mass is 10.2. The van der Waals surface area contributed by atoms with E-state index in [0.717, 1.165) is 5.56 Å². The minimum Gasteiger partial charge on any atom is -0.411 e. The average Bonchev–Trinajstić information content (AvgIpc) is 1.91. The molecule has 0 saturated heterocycles. The van der Waals surface area contributed by atoms with Crippen LogP contribution in [0.4, 0.5) is 0 Å². The van der Waals surface area contributed by atoms with Gasteiger partial charge in [-0.2, -0.15) is 0 Å². The largest absolute Gasteiger partial charge is 0.411 e. The van der Waals surface area contributed by atoms with Crippen LogP contribution in [0.25, 0.3) is 0 Å². The Morgan fingerprint density at radius 2 is 2.56 bits per heavy atom. The predicted molar refractivity (Wildman–Crippen MR) is 34.7 cm³/mol. The highest BCUT2D eigenvalue weighted by atomic mass is 16.4. The van der Waals surface area contributed by atoms with E-state index in [0.29, 0.717) is 0 Å². The quantitative estimate of drug-likeness (QED) is 0.338. The zero-order chi connectivity index (χ0) is 6.53. The first-order valence-corrected chi connectivity index (χ1v) is 2.57. The molecule has 1 radical (unpaired) electrons. The van der Waals surface area contributed by atoms with E-state index in [1.54, 1.807) is 12.1 Å². The summed E-state index contributed by atoms with van der Waals surface area (Å²) in [6, 6.07) is 10.0. The summed E-state index contributed by atoms with van der Waals surface area (Å²) in [7, 11) is 0. The fraction of sp³-hybridized carbons (Fsp3) is 0. The lowest BCUT2D eigenvalue weighted by molar-refractivity contribution is 0.322. The second kappa shape index (κ2) is 2.87. The molecule has 0 saturated carbocycles. The highest BCUT2D eigenvalue weighted by Gasteiger charge is 1.80. The summed E-state index contributed by atoms with van der Waals surface area (Å²) in [6.45, 7) is 0. The van der Waals surface area contributed by atoms with Crippen LogP contribution in [-0.2, 0) is 0 Å². The molecule has 0 bridgehead atoms. The average molecular weight is 120 g/mol. The molecular formula is C7H6NO. The van der Waals surface area contributed by atoms with Gasteiger partial charge in [-0.1, -0.05) is 23.4 Å². The van der Waals surface area contributed by atoms with Crippen molar-refractivity contribution in [3.05, 3.63) is 35.9 Å². The summed E-state index contributed by atoms with van der Waals surface area (Å²) < 4.78 is 0. The third kappa shape index (κ3) is 1.57. The van der Waals surface area contributed by atoms with Crippen molar-refractivity contribution < 1.29 is 5.21 Å². The van der Waals surface area contributed by atoms with E-state index in [9.17, 15) is 0 Å². The van der Waals surface area contributed by atoms with Gasteiger partial charge in [-0.3, -0.25) is 0 Å². The second-order valence-electron chi connectivity index (χ2n) is 1.58. The number of hydrogen-bond donors (Lipinski definition) is 1. The van der Waals surface area contributed by atoms with E-state index in [-0.39, 0.29) is 0 Å². The Hall–Kier alpha value is -1.31. The molecule has 9 heavy (non-hydrogen) atoms. The third-order valence-electron chi connectivity index (χ3n) is 0.938. The molecule has 0 fully saturated rings. The molecule has 2 nitrogen and oxygen atoms in total. The Bertz CT molecular complexity index is 193. The Balaban J connectivity index is 2.85. The third-order valence-corrected chi connectivity index (χ3v) is 0.938. The lowest BCUT2D eigenvalue weighted by Crippen LogP contribution is -1.76. The Labute approximate surface area is 53.4 Å². The Kier molecular flexibility index (Phi) is 1.85. The number of benzene rings is 1. The van der Waals surface area contributed by atoms with Crippen molar-refractivity contribution in [3.8, 4) is 0 Å². The molecule has 1 aromatic rings. The van der Waals surface area contributed by atoms with Crippen molar-refractivity contribution in [2.75, 3.05) is 0 Å². The monoisotopic (exact) mass is 120 g/mol. The maximum Gasteiger partial charge on any atom is 0.0734 e. The van der Waals surface area contributed by atoms with Gasteiger partial charge < -0.3 is 5.21 Å². The van der Waals surface area contributed by atoms with E-state index < -0.39 is 0 Å². The smallest absolute Gasteiger partial charge is 0.0734 e. The fourth-order valence-corrected chi connectivity index (χ4v) is 0.554. The van der Waals surface area contributed by atoms with Crippen LogP contribution in [-0.4, -0.2) is 11.4 Å². The van der Waals surface area contributed by atoms with Gasteiger partial charge in [-0.25, -0.2) is 0 Å². The molecule has 45 valence electrons. The molecule has 0 aliphatic heterocycles. The van der Waals surface area contributed by atoms with Crippen molar-refractivity contribution in [1.29, 1.82) is 0 Å². The number of rotatable bonds is 1. The van der Waals surface area contributed by atoms with Crippen molar-refractivity contribution in [1.82, 2.24) is 0 Å². The first-order chi connectivity index (χ1) is 4.43. The molecule has 0 heterocycles. The summed E-state index contributed by atoms with van der Waals surface area (Å²) >= 11 is 0. The van der Waals surface area contributed by atoms with Crippen molar-refractivity contribution in [2.24, 2.45) is 5.16 Å². The molecule has 1 aromatic carbocycles. The minimum absolute atomic E-state index is 0.847. The highest BCUT2D eigenvalue weighted by Crippen LogP contribution is 1.91. The summed E-state index contributed by atoms with van der Waals surface area (Å²) in [5.74, 6) is 0. The second-order valence-corrected chi connectivity index (χ2v) is 1.58. The molecule has 2 heteroatoms. The maximum atomic E-state index is 8.08. The van der Waals surface area contributed by atoms with Crippen LogP contribution in [0, 0.1) is 6.07 Å². The van der Waals surface area contributed by atoms with Crippen LogP contribution in [0.5, 0.6) is 0 Å². The Morgan fingerprint density at radius 1 is 1.67 bits per heavy atom. The van der Waals surface area contributed by atoms with Crippen LogP contribution in [0.3, 0.4) is 0 Å². The number of nitrogens with zero attached hydrogens (tertiary/aromatic N) is 1. The molecule has 0 aliphatic carbocycles. The molecule has 1 rings (SSSR count).